The van der Waals surface area contributed by atoms with Crippen molar-refractivity contribution in [1.29, 1.82) is 0 Å². The summed E-state index contributed by atoms with van der Waals surface area (Å²) in [5, 5.41) is 4.42. The third-order valence-corrected chi connectivity index (χ3v) is 5.00. The van der Waals surface area contributed by atoms with E-state index < -0.39 is 0 Å². The molecule has 0 aromatic heterocycles. The van der Waals surface area contributed by atoms with Crippen molar-refractivity contribution < 1.29 is 0 Å². The van der Waals surface area contributed by atoms with E-state index in [9.17, 15) is 0 Å². The molecular formula is C19H20ClN. The standard InChI is InChI=1S/C19H20ClN/c20-19-9-6-16(11-17(19)12-21-18-7-8-18)15-5-4-13-2-1-3-14(13)10-15/h4-6,9-11,18,21H,1-3,7-8,12H2. The highest BCUT2D eigenvalue weighted by Gasteiger charge is 2.20. The van der Waals surface area contributed by atoms with Crippen molar-refractivity contribution in [1.82, 2.24) is 5.32 Å². The van der Waals surface area contributed by atoms with Crippen LogP contribution in [0, 0.1) is 0 Å². The monoisotopic (exact) mass is 297 g/mol. The third-order valence-electron chi connectivity index (χ3n) is 4.64. The first-order valence-corrected chi connectivity index (χ1v) is 8.31. The fourth-order valence-corrected chi connectivity index (χ4v) is 3.37. The second-order valence-corrected chi connectivity index (χ2v) is 6.71. The van der Waals surface area contributed by atoms with E-state index in [0.717, 1.165) is 11.6 Å². The topological polar surface area (TPSA) is 12.0 Å². The summed E-state index contributed by atoms with van der Waals surface area (Å²) >= 11 is 6.34. The molecule has 21 heavy (non-hydrogen) atoms. The van der Waals surface area contributed by atoms with Gasteiger partial charge in [-0.05, 0) is 72.1 Å². The molecule has 2 aliphatic carbocycles. The predicted octanol–water partition coefficient (Wildman–Crippen LogP) is 4.75. The number of nitrogens with one attached hydrogen (secondary N) is 1. The van der Waals surface area contributed by atoms with E-state index in [2.05, 4.69) is 35.6 Å². The number of aryl methyl sites for hydroxylation is 2. The fraction of sp³-hybridized carbons (Fsp3) is 0.368. The Morgan fingerprint density at radius 1 is 0.952 bits per heavy atom. The largest absolute Gasteiger partial charge is 0.310 e. The minimum Gasteiger partial charge on any atom is -0.310 e. The van der Waals surface area contributed by atoms with Crippen molar-refractivity contribution in [2.24, 2.45) is 0 Å². The SMILES string of the molecule is Clc1ccc(-c2ccc3c(c2)CCC3)cc1CNC1CC1. The molecule has 1 fully saturated rings. The maximum atomic E-state index is 6.34. The summed E-state index contributed by atoms with van der Waals surface area (Å²) in [4.78, 5) is 0. The lowest BCUT2D eigenvalue weighted by Crippen LogP contribution is -2.15. The van der Waals surface area contributed by atoms with E-state index in [4.69, 9.17) is 11.6 Å². The highest BCUT2D eigenvalue weighted by Crippen LogP contribution is 2.30. The summed E-state index contributed by atoms with van der Waals surface area (Å²) in [6, 6.07) is 14.1. The molecule has 0 aliphatic heterocycles. The maximum Gasteiger partial charge on any atom is 0.0451 e. The molecule has 1 saturated carbocycles. The molecule has 4 rings (SSSR count). The first-order valence-electron chi connectivity index (χ1n) is 7.93. The minimum atomic E-state index is 0.713. The first-order chi connectivity index (χ1) is 10.3. The number of fused-ring (bicyclic) bond motifs is 1. The second-order valence-electron chi connectivity index (χ2n) is 6.30. The van der Waals surface area contributed by atoms with Gasteiger partial charge in [-0.1, -0.05) is 35.9 Å². The molecule has 1 nitrogen and oxygen atoms in total. The molecule has 0 saturated heterocycles. The van der Waals surface area contributed by atoms with E-state index >= 15 is 0 Å². The molecular weight excluding hydrogens is 278 g/mol. The molecule has 2 aromatic carbocycles. The van der Waals surface area contributed by atoms with Crippen molar-refractivity contribution in [3.05, 3.63) is 58.1 Å². The Morgan fingerprint density at radius 3 is 2.57 bits per heavy atom. The maximum absolute atomic E-state index is 6.34. The van der Waals surface area contributed by atoms with Crippen molar-refractivity contribution in [3.63, 3.8) is 0 Å². The van der Waals surface area contributed by atoms with Crippen LogP contribution in [-0.2, 0) is 19.4 Å². The molecule has 0 radical (unpaired) electrons. The van der Waals surface area contributed by atoms with Gasteiger partial charge in [0.05, 0.1) is 0 Å². The van der Waals surface area contributed by atoms with Crippen LogP contribution in [0.5, 0.6) is 0 Å². The Labute approximate surface area is 131 Å². The summed E-state index contributed by atoms with van der Waals surface area (Å²) < 4.78 is 0. The van der Waals surface area contributed by atoms with Gasteiger partial charge in [-0.3, -0.25) is 0 Å². The predicted molar refractivity (Wildman–Crippen MR) is 88.8 cm³/mol. The zero-order valence-electron chi connectivity index (χ0n) is 12.2. The molecule has 2 aromatic rings. The smallest absolute Gasteiger partial charge is 0.0451 e. The summed E-state index contributed by atoms with van der Waals surface area (Å²) in [5.41, 5.74) is 6.87. The van der Waals surface area contributed by atoms with Crippen molar-refractivity contribution in [2.75, 3.05) is 0 Å². The van der Waals surface area contributed by atoms with Gasteiger partial charge < -0.3 is 5.32 Å². The van der Waals surface area contributed by atoms with Crippen LogP contribution in [0.2, 0.25) is 5.02 Å². The molecule has 0 unspecified atom stereocenters. The van der Waals surface area contributed by atoms with E-state index in [-0.39, 0.29) is 0 Å². The van der Waals surface area contributed by atoms with Crippen LogP contribution in [0.4, 0.5) is 0 Å². The van der Waals surface area contributed by atoms with Crippen molar-refractivity contribution in [3.8, 4) is 11.1 Å². The van der Waals surface area contributed by atoms with Crippen molar-refractivity contribution >= 4 is 11.6 Å². The Hall–Kier alpha value is -1.31. The van der Waals surface area contributed by atoms with Crippen molar-refractivity contribution in [2.45, 2.75) is 44.7 Å². The average Bonchev–Trinajstić information content (AvgIpc) is 3.21. The van der Waals surface area contributed by atoms with E-state index in [1.54, 1.807) is 0 Å². The van der Waals surface area contributed by atoms with Gasteiger partial charge in [-0.15, -0.1) is 0 Å². The number of rotatable bonds is 4. The van der Waals surface area contributed by atoms with Gasteiger partial charge in [0.1, 0.15) is 0 Å². The molecule has 0 heterocycles. The molecule has 0 spiro atoms. The van der Waals surface area contributed by atoms with Crippen LogP contribution in [0.15, 0.2) is 36.4 Å². The van der Waals surface area contributed by atoms with Crippen LogP contribution >= 0.6 is 11.6 Å². The quantitative estimate of drug-likeness (QED) is 0.859. The van der Waals surface area contributed by atoms with Gasteiger partial charge in [0, 0.05) is 17.6 Å². The van der Waals surface area contributed by atoms with Crippen LogP contribution < -0.4 is 5.32 Å². The summed E-state index contributed by atoms with van der Waals surface area (Å²) in [7, 11) is 0. The van der Waals surface area contributed by atoms with Crippen LogP contribution in [0.1, 0.15) is 36.0 Å². The number of hydrogen-bond donors (Lipinski definition) is 1. The second kappa shape index (κ2) is 5.47. The summed E-state index contributed by atoms with van der Waals surface area (Å²) in [6.45, 7) is 0.877. The van der Waals surface area contributed by atoms with Gasteiger partial charge >= 0.3 is 0 Å². The van der Waals surface area contributed by atoms with Gasteiger partial charge in [-0.2, -0.15) is 0 Å². The lowest BCUT2D eigenvalue weighted by molar-refractivity contribution is 0.688. The molecule has 1 N–H and O–H groups in total. The zero-order valence-corrected chi connectivity index (χ0v) is 12.9. The minimum absolute atomic E-state index is 0.713. The van der Waals surface area contributed by atoms with Gasteiger partial charge in [0.25, 0.3) is 0 Å². The highest BCUT2D eigenvalue weighted by molar-refractivity contribution is 6.31. The normalized spacial score (nSPS) is 17.0. The summed E-state index contributed by atoms with van der Waals surface area (Å²) in [5.74, 6) is 0. The van der Waals surface area contributed by atoms with Crippen LogP contribution in [-0.4, -0.2) is 6.04 Å². The van der Waals surface area contributed by atoms with E-state index in [1.165, 1.54) is 59.9 Å². The molecule has 2 heteroatoms. The number of hydrogen-bond acceptors (Lipinski definition) is 1. The van der Waals surface area contributed by atoms with E-state index in [0.29, 0.717) is 6.04 Å². The lowest BCUT2D eigenvalue weighted by atomic mass is 9.99. The van der Waals surface area contributed by atoms with E-state index in [1.807, 2.05) is 6.07 Å². The Balaban J connectivity index is 1.63. The van der Waals surface area contributed by atoms with Crippen LogP contribution in [0.3, 0.4) is 0 Å². The number of benzene rings is 2. The third kappa shape index (κ3) is 2.86. The molecule has 108 valence electrons. The first kappa shape index (κ1) is 13.4. The Bertz CT molecular complexity index is 673. The Kier molecular flexibility index (Phi) is 3.48. The molecule has 0 atom stereocenters. The average molecular weight is 298 g/mol. The van der Waals surface area contributed by atoms with Gasteiger partial charge in [0.2, 0.25) is 0 Å². The van der Waals surface area contributed by atoms with Crippen LogP contribution in [0.25, 0.3) is 11.1 Å². The van der Waals surface area contributed by atoms with Gasteiger partial charge in [-0.25, -0.2) is 0 Å². The molecule has 0 bridgehead atoms. The zero-order chi connectivity index (χ0) is 14.2. The summed E-state index contributed by atoms with van der Waals surface area (Å²) in [6.07, 6.45) is 6.39. The molecule has 2 aliphatic rings. The number of halogens is 1. The highest BCUT2D eigenvalue weighted by atomic mass is 35.5. The molecule has 0 amide bonds. The van der Waals surface area contributed by atoms with Gasteiger partial charge in [0.15, 0.2) is 0 Å². The Morgan fingerprint density at radius 2 is 1.71 bits per heavy atom. The fourth-order valence-electron chi connectivity index (χ4n) is 3.18. The lowest BCUT2D eigenvalue weighted by Gasteiger charge is -2.10.